The van der Waals surface area contributed by atoms with Crippen LogP contribution in [0.2, 0.25) is 0 Å². The molecule has 0 saturated heterocycles. The van der Waals surface area contributed by atoms with Crippen molar-refractivity contribution in [3.63, 3.8) is 0 Å². The van der Waals surface area contributed by atoms with E-state index in [4.69, 9.17) is 0 Å². The zero-order chi connectivity index (χ0) is 14.5. The van der Waals surface area contributed by atoms with Crippen LogP contribution in [0.15, 0.2) is 18.2 Å². The molecule has 0 fully saturated rings. The molecule has 5 nitrogen and oxygen atoms in total. The molecule has 1 atom stereocenters. The number of nitrogens with zero attached hydrogens (tertiary/aromatic N) is 4. The van der Waals surface area contributed by atoms with Crippen LogP contribution in [0.25, 0.3) is 0 Å². The van der Waals surface area contributed by atoms with E-state index in [0.29, 0.717) is 12.2 Å². The summed E-state index contributed by atoms with van der Waals surface area (Å²) in [4.78, 5) is 1.43. The van der Waals surface area contributed by atoms with Crippen molar-refractivity contribution in [3.05, 3.63) is 41.0 Å². The van der Waals surface area contributed by atoms with Crippen molar-refractivity contribution < 1.29 is 4.39 Å². The fraction of sp³-hybridized carbons (Fsp3) is 0.500. The Balaban J connectivity index is 2.21. The molecule has 108 valence electrons. The molecule has 0 aliphatic rings. The molecule has 20 heavy (non-hydrogen) atoms. The Morgan fingerprint density at radius 1 is 1.35 bits per heavy atom. The molecule has 0 spiro atoms. The van der Waals surface area contributed by atoms with Gasteiger partial charge in [-0.1, -0.05) is 13.0 Å². The summed E-state index contributed by atoms with van der Waals surface area (Å²) in [6, 6.07) is 5.08. The number of nitrogens with one attached hydrogen (secondary N) is 1. The van der Waals surface area contributed by atoms with Gasteiger partial charge in [0.05, 0.1) is 7.05 Å². The molecule has 1 aromatic heterocycles. The molecule has 0 aliphatic carbocycles. The number of aryl methyl sites for hydroxylation is 2. The van der Waals surface area contributed by atoms with Crippen molar-refractivity contribution in [1.82, 2.24) is 25.5 Å². The van der Waals surface area contributed by atoms with E-state index in [1.807, 2.05) is 13.0 Å². The maximum Gasteiger partial charge on any atom is 0.176 e. The van der Waals surface area contributed by atoms with Crippen LogP contribution in [0.1, 0.15) is 36.3 Å². The summed E-state index contributed by atoms with van der Waals surface area (Å²) in [6.07, 6.45) is 1.61. The van der Waals surface area contributed by atoms with Crippen LogP contribution < -0.4 is 5.32 Å². The number of tetrazole rings is 1. The van der Waals surface area contributed by atoms with Gasteiger partial charge in [-0.25, -0.2) is 4.39 Å². The van der Waals surface area contributed by atoms with Crippen LogP contribution >= 0.6 is 0 Å². The van der Waals surface area contributed by atoms with Gasteiger partial charge in [-0.05, 0) is 48.4 Å². The molecule has 6 heteroatoms. The van der Waals surface area contributed by atoms with E-state index in [-0.39, 0.29) is 11.9 Å². The van der Waals surface area contributed by atoms with Gasteiger partial charge >= 0.3 is 0 Å². The number of aromatic nitrogens is 4. The molecule has 1 N–H and O–H groups in total. The minimum absolute atomic E-state index is 0.00597. The molecule has 2 rings (SSSR count). The average Bonchev–Trinajstić information content (AvgIpc) is 2.79. The van der Waals surface area contributed by atoms with E-state index < -0.39 is 0 Å². The third-order valence-corrected chi connectivity index (χ3v) is 3.04. The Bertz CT molecular complexity index is 546. The SMILES string of the molecule is CCCNC(Cc1nnn(C)n1)c1cc(C)cc(F)c1. The maximum atomic E-state index is 13.6. The highest BCUT2D eigenvalue weighted by Gasteiger charge is 2.15. The van der Waals surface area contributed by atoms with Gasteiger partial charge in [0, 0.05) is 12.5 Å². The van der Waals surface area contributed by atoms with E-state index in [0.717, 1.165) is 24.1 Å². The van der Waals surface area contributed by atoms with Crippen LogP contribution in [0.5, 0.6) is 0 Å². The summed E-state index contributed by atoms with van der Waals surface area (Å²) in [7, 11) is 1.73. The van der Waals surface area contributed by atoms with Gasteiger partial charge in [-0.3, -0.25) is 0 Å². The average molecular weight is 277 g/mol. The standard InChI is InChI=1S/C14H20FN5/c1-4-5-16-13(9-14-17-19-20(3)18-14)11-6-10(2)7-12(15)8-11/h6-8,13,16H,4-5,9H2,1-3H3. The van der Waals surface area contributed by atoms with Gasteiger partial charge in [0.25, 0.3) is 0 Å². The Morgan fingerprint density at radius 2 is 2.15 bits per heavy atom. The molecule has 1 aromatic carbocycles. The van der Waals surface area contributed by atoms with Crippen molar-refractivity contribution in [2.45, 2.75) is 32.7 Å². The lowest BCUT2D eigenvalue weighted by molar-refractivity contribution is 0.512. The maximum absolute atomic E-state index is 13.6. The Labute approximate surface area is 118 Å². The predicted molar refractivity (Wildman–Crippen MR) is 74.7 cm³/mol. The van der Waals surface area contributed by atoms with Gasteiger partial charge in [0.2, 0.25) is 0 Å². The number of rotatable bonds is 6. The molecule has 0 amide bonds. The zero-order valence-electron chi connectivity index (χ0n) is 12.1. The number of hydrogen-bond acceptors (Lipinski definition) is 4. The monoisotopic (exact) mass is 277 g/mol. The van der Waals surface area contributed by atoms with E-state index in [2.05, 4.69) is 27.7 Å². The molecule has 2 aromatic rings. The first-order chi connectivity index (χ1) is 9.58. The second kappa shape index (κ2) is 6.56. The predicted octanol–water partition coefficient (Wildman–Crippen LogP) is 1.94. The second-order valence-corrected chi connectivity index (χ2v) is 4.97. The molecule has 0 radical (unpaired) electrons. The van der Waals surface area contributed by atoms with Gasteiger partial charge in [-0.2, -0.15) is 4.80 Å². The van der Waals surface area contributed by atoms with Crippen LogP contribution in [-0.2, 0) is 13.5 Å². The lowest BCUT2D eigenvalue weighted by atomic mass is 10.0. The highest BCUT2D eigenvalue weighted by molar-refractivity contribution is 5.26. The number of hydrogen-bond donors (Lipinski definition) is 1. The van der Waals surface area contributed by atoms with Crippen LogP contribution in [-0.4, -0.2) is 26.8 Å². The quantitative estimate of drug-likeness (QED) is 0.876. The fourth-order valence-corrected chi connectivity index (χ4v) is 2.18. The van der Waals surface area contributed by atoms with Crippen molar-refractivity contribution in [2.75, 3.05) is 6.54 Å². The largest absolute Gasteiger partial charge is 0.310 e. The summed E-state index contributed by atoms with van der Waals surface area (Å²) in [5, 5.41) is 15.4. The topological polar surface area (TPSA) is 55.6 Å². The van der Waals surface area contributed by atoms with E-state index in [1.54, 1.807) is 13.1 Å². The smallest absolute Gasteiger partial charge is 0.176 e. The van der Waals surface area contributed by atoms with Gasteiger partial charge in [-0.15, -0.1) is 10.2 Å². The highest BCUT2D eigenvalue weighted by atomic mass is 19.1. The number of halogens is 1. The second-order valence-electron chi connectivity index (χ2n) is 4.97. The Kier molecular flexibility index (Phi) is 4.79. The lowest BCUT2D eigenvalue weighted by Gasteiger charge is -2.18. The van der Waals surface area contributed by atoms with Crippen molar-refractivity contribution in [3.8, 4) is 0 Å². The first-order valence-electron chi connectivity index (χ1n) is 6.82. The normalized spacial score (nSPS) is 12.6. The molecule has 1 heterocycles. The summed E-state index contributed by atoms with van der Waals surface area (Å²) >= 11 is 0. The summed E-state index contributed by atoms with van der Waals surface area (Å²) in [5.41, 5.74) is 1.83. The van der Waals surface area contributed by atoms with Gasteiger partial charge < -0.3 is 5.32 Å². The van der Waals surface area contributed by atoms with E-state index >= 15 is 0 Å². The van der Waals surface area contributed by atoms with Crippen molar-refractivity contribution in [1.29, 1.82) is 0 Å². The minimum atomic E-state index is -0.213. The van der Waals surface area contributed by atoms with Crippen molar-refractivity contribution >= 4 is 0 Å². The molecule has 0 saturated carbocycles. The summed E-state index contributed by atoms with van der Waals surface area (Å²) in [6.45, 7) is 4.85. The first kappa shape index (κ1) is 14.6. The lowest BCUT2D eigenvalue weighted by Crippen LogP contribution is -2.24. The summed E-state index contributed by atoms with van der Waals surface area (Å²) in [5.74, 6) is 0.443. The Morgan fingerprint density at radius 3 is 2.75 bits per heavy atom. The molecule has 0 aliphatic heterocycles. The van der Waals surface area contributed by atoms with Crippen LogP contribution in [0.4, 0.5) is 4.39 Å². The van der Waals surface area contributed by atoms with E-state index in [1.165, 1.54) is 10.9 Å². The summed E-state index contributed by atoms with van der Waals surface area (Å²) < 4.78 is 13.6. The first-order valence-corrected chi connectivity index (χ1v) is 6.82. The fourth-order valence-electron chi connectivity index (χ4n) is 2.18. The van der Waals surface area contributed by atoms with Crippen LogP contribution in [0, 0.1) is 12.7 Å². The van der Waals surface area contributed by atoms with Crippen molar-refractivity contribution in [2.24, 2.45) is 7.05 Å². The van der Waals surface area contributed by atoms with Gasteiger partial charge in [0.15, 0.2) is 5.82 Å². The molecule has 1 unspecified atom stereocenters. The molecular formula is C14H20FN5. The van der Waals surface area contributed by atoms with E-state index in [9.17, 15) is 4.39 Å². The van der Waals surface area contributed by atoms with Crippen LogP contribution in [0.3, 0.4) is 0 Å². The minimum Gasteiger partial charge on any atom is -0.310 e. The Hall–Kier alpha value is -1.82. The third-order valence-electron chi connectivity index (χ3n) is 3.04. The highest BCUT2D eigenvalue weighted by Crippen LogP contribution is 2.19. The third kappa shape index (κ3) is 3.84. The zero-order valence-corrected chi connectivity index (χ0v) is 12.1. The molecule has 0 bridgehead atoms. The number of benzene rings is 1. The molecular weight excluding hydrogens is 257 g/mol. The van der Waals surface area contributed by atoms with Gasteiger partial charge in [0.1, 0.15) is 5.82 Å².